The maximum absolute atomic E-state index is 14.3. The lowest BCUT2D eigenvalue weighted by Gasteiger charge is -2.33. The standard InChI is InChI=1S/C33H33ClFN3O5S/c1-3-43-29-17-19-30(20-18-29)44(41,42)38(28-15-13-27(35)14-16-28)23-32(39)37(22-25-9-11-26(34)12-10-25)31(33(40)36-2)21-24-7-5-4-6-8-24/h4-20,31H,3,21-23H2,1-2H3,(H,36,40). The number of nitrogens with one attached hydrogen (secondary N) is 1. The Balaban J connectivity index is 1.76. The molecule has 0 saturated heterocycles. The van der Waals surface area contributed by atoms with Crippen molar-refractivity contribution < 1.29 is 27.1 Å². The van der Waals surface area contributed by atoms with Crippen LogP contribution in [-0.4, -0.2) is 51.4 Å². The second-order valence-electron chi connectivity index (χ2n) is 9.86. The fourth-order valence-electron chi connectivity index (χ4n) is 4.64. The van der Waals surface area contributed by atoms with Gasteiger partial charge in [-0.25, -0.2) is 12.8 Å². The minimum absolute atomic E-state index is 0.00127. The van der Waals surface area contributed by atoms with Gasteiger partial charge in [0.25, 0.3) is 10.0 Å². The van der Waals surface area contributed by atoms with Crippen molar-refractivity contribution in [3.63, 3.8) is 0 Å². The summed E-state index contributed by atoms with van der Waals surface area (Å²) in [5.74, 6) is -1.13. The van der Waals surface area contributed by atoms with Crippen LogP contribution >= 0.6 is 11.6 Å². The minimum Gasteiger partial charge on any atom is -0.494 e. The number of carbonyl (C=O) groups excluding carboxylic acids is 2. The Morgan fingerprint density at radius 2 is 1.52 bits per heavy atom. The Morgan fingerprint density at radius 1 is 0.886 bits per heavy atom. The molecule has 4 aromatic rings. The third kappa shape index (κ3) is 8.15. The smallest absolute Gasteiger partial charge is 0.264 e. The molecule has 230 valence electrons. The van der Waals surface area contributed by atoms with E-state index in [0.717, 1.165) is 22.0 Å². The average Bonchev–Trinajstić information content (AvgIpc) is 3.03. The van der Waals surface area contributed by atoms with Gasteiger partial charge in [-0.3, -0.25) is 13.9 Å². The van der Waals surface area contributed by atoms with Gasteiger partial charge in [0.05, 0.1) is 17.2 Å². The number of rotatable bonds is 13. The van der Waals surface area contributed by atoms with E-state index in [0.29, 0.717) is 22.9 Å². The molecule has 4 rings (SSSR count). The lowest BCUT2D eigenvalue weighted by Crippen LogP contribution is -2.53. The number of hydrogen-bond acceptors (Lipinski definition) is 5. The molecule has 0 heterocycles. The fourth-order valence-corrected chi connectivity index (χ4v) is 6.19. The van der Waals surface area contributed by atoms with E-state index in [9.17, 15) is 22.4 Å². The van der Waals surface area contributed by atoms with E-state index >= 15 is 0 Å². The third-order valence-corrected chi connectivity index (χ3v) is 8.94. The molecule has 0 bridgehead atoms. The van der Waals surface area contributed by atoms with Crippen LogP contribution < -0.4 is 14.4 Å². The lowest BCUT2D eigenvalue weighted by atomic mass is 10.0. The quantitative estimate of drug-likeness (QED) is 0.210. The number of hydrogen-bond donors (Lipinski definition) is 1. The first-order valence-corrected chi connectivity index (χ1v) is 15.7. The molecule has 0 saturated carbocycles. The van der Waals surface area contributed by atoms with E-state index in [2.05, 4.69) is 5.32 Å². The minimum atomic E-state index is -4.33. The van der Waals surface area contributed by atoms with Crippen LogP contribution in [0.2, 0.25) is 5.02 Å². The molecule has 11 heteroatoms. The van der Waals surface area contributed by atoms with Crippen molar-refractivity contribution in [1.82, 2.24) is 10.2 Å². The van der Waals surface area contributed by atoms with Gasteiger partial charge >= 0.3 is 0 Å². The topological polar surface area (TPSA) is 96.0 Å². The van der Waals surface area contributed by atoms with Gasteiger partial charge in [0, 0.05) is 25.0 Å². The summed E-state index contributed by atoms with van der Waals surface area (Å²) in [6, 6.07) is 25.7. The molecular weight excluding hydrogens is 605 g/mol. The number of halogens is 2. The SMILES string of the molecule is CCOc1ccc(S(=O)(=O)N(CC(=O)N(Cc2ccc(Cl)cc2)C(Cc2ccccc2)C(=O)NC)c2ccc(F)cc2)cc1. The number of benzene rings is 4. The maximum atomic E-state index is 14.3. The Bertz CT molecular complexity index is 1650. The van der Waals surface area contributed by atoms with Crippen LogP contribution in [0, 0.1) is 5.82 Å². The third-order valence-electron chi connectivity index (χ3n) is 6.90. The van der Waals surface area contributed by atoms with E-state index < -0.39 is 40.2 Å². The number of anilines is 1. The van der Waals surface area contributed by atoms with E-state index in [-0.39, 0.29) is 23.5 Å². The highest BCUT2D eigenvalue weighted by molar-refractivity contribution is 7.92. The molecule has 0 aliphatic heterocycles. The molecule has 8 nitrogen and oxygen atoms in total. The summed E-state index contributed by atoms with van der Waals surface area (Å²) in [7, 11) is -2.85. The molecule has 0 fully saturated rings. The second-order valence-corrected chi connectivity index (χ2v) is 12.2. The van der Waals surface area contributed by atoms with Gasteiger partial charge in [-0.1, -0.05) is 54.1 Å². The van der Waals surface area contributed by atoms with Gasteiger partial charge in [-0.2, -0.15) is 0 Å². The largest absolute Gasteiger partial charge is 0.494 e. The summed E-state index contributed by atoms with van der Waals surface area (Å²) in [6.07, 6.45) is 0.183. The van der Waals surface area contributed by atoms with Crippen molar-refractivity contribution in [2.75, 3.05) is 24.5 Å². The van der Waals surface area contributed by atoms with Crippen molar-refractivity contribution in [2.24, 2.45) is 0 Å². The number of nitrogens with zero attached hydrogens (tertiary/aromatic N) is 2. The Kier molecular flexibility index (Phi) is 11.0. The summed E-state index contributed by atoms with van der Waals surface area (Å²) in [4.78, 5) is 28.8. The Morgan fingerprint density at radius 3 is 2.11 bits per heavy atom. The molecule has 1 unspecified atom stereocenters. The zero-order valence-electron chi connectivity index (χ0n) is 24.3. The summed E-state index contributed by atoms with van der Waals surface area (Å²) in [6.45, 7) is 1.56. The van der Waals surface area contributed by atoms with Crippen molar-refractivity contribution in [1.29, 1.82) is 0 Å². The highest BCUT2D eigenvalue weighted by Crippen LogP contribution is 2.27. The van der Waals surface area contributed by atoms with E-state index in [1.54, 1.807) is 24.3 Å². The van der Waals surface area contributed by atoms with Crippen LogP contribution in [0.3, 0.4) is 0 Å². The number of sulfonamides is 1. The molecule has 2 amide bonds. The van der Waals surface area contributed by atoms with Crippen LogP contribution in [0.15, 0.2) is 108 Å². The van der Waals surface area contributed by atoms with Crippen molar-refractivity contribution >= 4 is 39.1 Å². The molecule has 4 aromatic carbocycles. The van der Waals surface area contributed by atoms with Crippen LogP contribution in [0.1, 0.15) is 18.1 Å². The first-order valence-electron chi connectivity index (χ1n) is 13.9. The molecule has 0 aliphatic carbocycles. The van der Waals surface area contributed by atoms with Crippen LogP contribution in [0.4, 0.5) is 10.1 Å². The predicted octanol–water partition coefficient (Wildman–Crippen LogP) is 5.46. The van der Waals surface area contributed by atoms with Gasteiger partial charge < -0.3 is 15.0 Å². The van der Waals surface area contributed by atoms with Crippen LogP contribution in [0.5, 0.6) is 5.75 Å². The molecule has 44 heavy (non-hydrogen) atoms. The molecular formula is C33H33ClFN3O5S. The fraction of sp³-hybridized carbons (Fsp3) is 0.212. The summed E-state index contributed by atoms with van der Waals surface area (Å²) in [5, 5.41) is 3.14. The number of carbonyl (C=O) groups is 2. The summed E-state index contributed by atoms with van der Waals surface area (Å²) in [5.41, 5.74) is 1.58. The van der Waals surface area contributed by atoms with Gasteiger partial charge in [0.2, 0.25) is 11.8 Å². The first-order chi connectivity index (χ1) is 21.1. The lowest BCUT2D eigenvalue weighted by molar-refractivity contribution is -0.139. The molecule has 0 aromatic heterocycles. The van der Waals surface area contributed by atoms with Gasteiger partial charge in [-0.15, -0.1) is 0 Å². The molecule has 1 N–H and O–H groups in total. The van der Waals surface area contributed by atoms with E-state index in [1.807, 2.05) is 37.3 Å². The van der Waals surface area contributed by atoms with Gasteiger partial charge in [0.1, 0.15) is 24.2 Å². The van der Waals surface area contributed by atoms with Crippen molar-refractivity contribution in [3.8, 4) is 5.75 Å². The molecule has 0 aliphatic rings. The number of amides is 2. The normalized spacial score (nSPS) is 11.8. The van der Waals surface area contributed by atoms with E-state index in [4.69, 9.17) is 16.3 Å². The Labute approximate surface area is 262 Å². The zero-order chi connectivity index (χ0) is 31.7. The van der Waals surface area contributed by atoms with Crippen molar-refractivity contribution in [2.45, 2.75) is 30.8 Å². The van der Waals surface area contributed by atoms with Crippen LogP contribution in [0.25, 0.3) is 0 Å². The second kappa shape index (κ2) is 14.9. The number of likely N-dealkylation sites (N-methyl/N-ethyl adjacent to an activating group) is 1. The number of ether oxygens (including phenoxy) is 1. The highest BCUT2D eigenvalue weighted by Gasteiger charge is 2.34. The molecule has 0 radical (unpaired) electrons. The van der Waals surface area contributed by atoms with Crippen molar-refractivity contribution in [3.05, 3.63) is 125 Å². The molecule has 0 spiro atoms. The summed E-state index contributed by atoms with van der Waals surface area (Å²) >= 11 is 6.08. The van der Waals surface area contributed by atoms with Crippen LogP contribution in [-0.2, 0) is 32.6 Å². The highest BCUT2D eigenvalue weighted by atomic mass is 35.5. The molecule has 1 atom stereocenters. The predicted molar refractivity (Wildman–Crippen MR) is 169 cm³/mol. The Hall–Kier alpha value is -4.41. The maximum Gasteiger partial charge on any atom is 0.264 e. The average molecular weight is 638 g/mol. The zero-order valence-corrected chi connectivity index (χ0v) is 25.9. The van der Waals surface area contributed by atoms with Gasteiger partial charge in [0.15, 0.2) is 0 Å². The first kappa shape index (κ1) is 32.5. The summed E-state index contributed by atoms with van der Waals surface area (Å²) < 4.78 is 48.3. The monoisotopic (exact) mass is 637 g/mol. The van der Waals surface area contributed by atoms with Gasteiger partial charge in [-0.05, 0) is 78.7 Å². The van der Waals surface area contributed by atoms with E-state index in [1.165, 1.54) is 48.3 Å².